The highest BCUT2D eigenvalue weighted by Gasteiger charge is 2.12. The summed E-state index contributed by atoms with van der Waals surface area (Å²) < 4.78 is 6.20. The van der Waals surface area contributed by atoms with Crippen molar-refractivity contribution in [2.24, 2.45) is 0 Å². The highest BCUT2D eigenvalue weighted by Crippen LogP contribution is 2.27. The number of hydrogen-bond acceptors (Lipinski definition) is 2. The summed E-state index contributed by atoms with van der Waals surface area (Å²) in [5, 5.41) is 0.568. The lowest BCUT2D eigenvalue weighted by molar-refractivity contribution is 0.103. The molecule has 2 nitrogen and oxygen atoms in total. The van der Waals surface area contributed by atoms with E-state index >= 15 is 0 Å². The standard InChI is InChI=1S/C16H14BrClO2/c1-3-20-15-5-4-11(9-14(15)17)16(19)12-6-10(2)7-13(18)8-12/h4-9H,3H2,1-2H3. The van der Waals surface area contributed by atoms with Crippen LogP contribution >= 0.6 is 27.5 Å². The molecule has 0 radical (unpaired) electrons. The SMILES string of the molecule is CCOc1ccc(C(=O)c2cc(C)cc(Cl)c2)cc1Br. The van der Waals surface area contributed by atoms with Gasteiger partial charge in [-0.1, -0.05) is 11.6 Å². The Morgan fingerprint density at radius 2 is 1.95 bits per heavy atom. The summed E-state index contributed by atoms with van der Waals surface area (Å²) in [6.45, 7) is 4.41. The molecule has 104 valence electrons. The zero-order chi connectivity index (χ0) is 14.7. The number of rotatable bonds is 4. The first kappa shape index (κ1) is 15.1. The van der Waals surface area contributed by atoms with E-state index in [1.165, 1.54) is 0 Å². The van der Waals surface area contributed by atoms with Crippen LogP contribution in [0, 0.1) is 6.92 Å². The van der Waals surface area contributed by atoms with Gasteiger partial charge in [-0.15, -0.1) is 0 Å². The predicted molar refractivity (Wildman–Crippen MR) is 84.9 cm³/mol. The minimum absolute atomic E-state index is 0.0562. The molecule has 0 fully saturated rings. The molecule has 0 bridgehead atoms. The molecular formula is C16H14BrClO2. The topological polar surface area (TPSA) is 26.3 Å². The van der Waals surface area contributed by atoms with Crippen LogP contribution in [-0.2, 0) is 0 Å². The Morgan fingerprint density at radius 1 is 1.20 bits per heavy atom. The summed E-state index contributed by atoms with van der Waals surface area (Å²) in [6.07, 6.45) is 0. The zero-order valence-electron chi connectivity index (χ0n) is 11.2. The van der Waals surface area contributed by atoms with Gasteiger partial charge < -0.3 is 4.74 Å². The predicted octanol–water partition coefficient (Wildman–Crippen LogP) is 5.04. The average Bonchev–Trinajstić information content (AvgIpc) is 2.39. The van der Waals surface area contributed by atoms with E-state index in [0.29, 0.717) is 22.8 Å². The van der Waals surface area contributed by atoms with Crippen LogP contribution in [0.4, 0.5) is 0 Å². The number of carbonyl (C=O) groups excluding carboxylic acids is 1. The largest absolute Gasteiger partial charge is 0.493 e. The minimum atomic E-state index is -0.0562. The molecular weight excluding hydrogens is 340 g/mol. The van der Waals surface area contributed by atoms with E-state index in [4.69, 9.17) is 16.3 Å². The van der Waals surface area contributed by atoms with Gasteiger partial charge in [-0.2, -0.15) is 0 Å². The summed E-state index contributed by atoms with van der Waals surface area (Å²) in [6, 6.07) is 10.7. The molecule has 0 atom stereocenters. The van der Waals surface area contributed by atoms with E-state index < -0.39 is 0 Å². The number of hydrogen-bond donors (Lipinski definition) is 0. The minimum Gasteiger partial charge on any atom is -0.493 e. The van der Waals surface area contributed by atoms with Gasteiger partial charge in [-0.05, 0) is 71.7 Å². The molecule has 2 rings (SSSR count). The molecule has 4 heteroatoms. The number of aryl methyl sites for hydroxylation is 1. The lowest BCUT2D eigenvalue weighted by Gasteiger charge is -2.08. The molecule has 0 amide bonds. The van der Waals surface area contributed by atoms with Gasteiger partial charge in [0.2, 0.25) is 0 Å². The van der Waals surface area contributed by atoms with E-state index in [1.54, 1.807) is 24.3 Å². The molecule has 0 aliphatic carbocycles. The summed E-state index contributed by atoms with van der Waals surface area (Å²) in [5.41, 5.74) is 2.15. The average molecular weight is 354 g/mol. The molecule has 0 unspecified atom stereocenters. The van der Waals surface area contributed by atoms with Crippen molar-refractivity contribution in [1.29, 1.82) is 0 Å². The van der Waals surface area contributed by atoms with Gasteiger partial charge in [0.25, 0.3) is 0 Å². The summed E-state index contributed by atoms with van der Waals surface area (Å²) in [7, 11) is 0. The van der Waals surface area contributed by atoms with Crippen molar-refractivity contribution < 1.29 is 9.53 Å². The fourth-order valence-corrected chi connectivity index (χ4v) is 2.73. The lowest BCUT2D eigenvalue weighted by atomic mass is 10.0. The first-order valence-corrected chi connectivity index (χ1v) is 7.42. The fourth-order valence-electron chi connectivity index (χ4n) is 1.95. The van der Waals surface area contributed by atoms with Gasteiger partial charge in [0, 0.05) is 16.1 Å². The van der Waals surface area contributed by atoms with Crippen LogP contribution in [-0.4, -0.2) is 12.4 Å². The van der Waals surface area contributed by atoms with E-state index in [0.717, 1.165) is 15.8 Å². The number of ether oxygens (including phenoxy) is 1. The Hall–Kier alpha value is -1.32. The third-order valence-electron chi connectivity index (χ3n) is 2.80. The van der Waals surface area contributed by atoms with E-state index in [-0.39, 0.29) is 5.78 Å². The second kappa shape index (κ2) is 6.42. The Morgan fingerprint density at radius 3 is 2.55 bits per heavy atom. The maximum absolute atomic E-state index is 12.5. The van der Waals surface area contributed by atoms with Crippen LogP contribution in [0.2, 0.25) is 5.02 Å². The highest BCUT2D eigenvalue weighted by atomic mass is 79.9. The van der Waals surface area contributed by atoms with Crippen molar-refractivity contribution in [2.45, 2.75) is 13.8 Å². The number of benzene rings is 2. The van der Waals surface area contributed by atoms with Crippen molar-refractivity contribution in [3.8, 4) is 5.75 Å². The fraction of sp³-hybridized carbons (Fsp3) is 0.188. The van der Waals surface area contributed by atoms with Crippen molar-refractivity contribution in [3.63, 3.8) is 0 Å². The van der Waals surface area contributed by atoms with Crippen LogP contribution in [0.25, 0.3) is 0 Å². The van der Waals surface area contributed by atoms with Crippen LogP contribution in [0.3, 0.4) is 0 Å². The van der Waals surface area contributed by atoms with Gasteiger partial charge in [0.05, 0.1) is 11.1 Å². The molecule has 20 heavy (non-hydrogen) atoms. The van der Waals surface area contributed by atoms with Crippen LogP contribution < -0.4 is 4.74 Å². The van der Waals surface area contributed by atoms with Gasteiger partial charge in [-0.25, -0.2) is 0 Å². The molecule has 0 aliphatic rings. The first-order chi connectivity index (χ1) is 9.51. The molecule has 2 aromatic rings. The Kier molecular flexibility index (Phi) is 4.84. The summed E-state index contributed by atoms with van der Waals surface area (Å²) in [5.74, 6) is 0.672. The quantitative estimate of drug-likeness (QED) is 0.720. The number of halogens is 2. The summed E-state index contributed by atoms with van der Waals surface area (Å²) in [4.78, 5) is 12.5. The maximum Gasteiger partial charge on any atom is 0.193 e. The van der Waals surface area contributed by atoms with Crippen LogP contribution in [0.5, 0.6) is 5.75 Å². The first-order valence-electron chi connectivity index (χ1n) is 6.25. The van der Waals surface area contributed by atoms with E-state index in [1.807, 2.05) is 26.0 Å². The molecule has 0 N–H and O–H groups in total. The van der Waals surface area contributed by atoms with E-state index in [2.05, 4.69) is 15.9 Å². The lowest BCUT2D eigenvalue weighted by Crippen LogP contribution is -2.02. The molecule has 0 heterocycles. The van der Waals surface area contributed by atoms with Gasteiger partial charge in [0.15, 0.2) is 5.78 Å². The van der Waals surface area contributed by atoms with Crippen molar-refractivity contribution in [1.82, 2.24) is 0 Å². The van der Waals surface area contributed by atoms with Gasteiger partial charge in [0.1, 0.15) is 5.75 Å². The van der Waals surface area contributed by atoms with Gasteiger partial charge in [-0.3, -0.25) is 4.79 Å². The molecule has 0 spiro atoms. The highest BCUT2D eigenvalue weighted by molar-refractivity contribution is 9.10. The Bertz CT molecular complexity index is 633. The van der Waals surface area contributed by atoms with Crippen LogP contribution in [0.1, 0.15) is 28.4 Å². The smallest absolute Gasteiger partial charge is 0.193 e. The third kappa shape index (κ3) is 3.41. The maximum atomic E-state index is 12.5. The second-order valence-electron chi connectivity index (χ2n) is 4.42. The second-order valence-corrected chi connectivity index (χ2v) is 5.72. The van der Waals surface area contributed by atoms with Gasteiger partial charge >= 0.3 is 0 Å². The Balaban J connectivity index is 2.36. The molecule has 2 aromatic carbocycles. The van der Waals surface area contributed by atoms with Crippen molar-refractivity contribution >= 4 is 33.3 Å². The molecule has 0 saturated heterocycles. The molecule has 0 aromatic heterocycles. The van der Waals surface area contributed by atoms with Crippen molar-refractivity contribution in [3.05, 3.63) is 62.6 Å². The van der Waals surface area contributed by atoms with Crippen molar-refractivity contribution in [2.75, 3.05) is 6.61 Å². The number of carbonyl (C=O) groups is 1. The Labute approximate surface area is 131 Å². The van der Waals surface area contributed by atoms with Crippen LogP contribution in [0.15, 0.2) is 40.9 Å². The normalized spacial score (nSPS) is 10.4. The van der Waals surface area contributed by atoms with E-state index in [9.17, 15) is 4.79 Å². The zero-order valence-corrected chi connectivity index (χ0v) is 13.6. The molecule has 0 aliphatic heterocycles. The third-order valence-corrected chi connectivity index (χ3v) is 3.64. The monoisotopic (exact) mass is 352 g/mol. The summed E-state index contributed by atoms with van der Waals surface area (Å²) >= 11 is 9.41. The molecule has 0 saturated carbocycles. The number of ketones is 1.